The number of aromatic nitrogens is 3. The number of fused-ring (bicyclic) bond motifs is 1. The van der Waals surface area contributed by atoms with Crippen LogP contribution in [0.2, 0.25) is 0 Å². The van der Waals surface area contributed by atoms with Crippen molar-refractivity contribution < 1.29 is 27.1 Å². The molecule has 0 radical (unpaired) electrons. The molecule has 0 amide bonds. The van der Waals surface area contributed by atoms with Gasteiger partial charge in [-0.2, -0.15) is 4.98 Å². The first-order chi connectivity index (χ1) is 13.9. The summed E-state index contributed by atoms with van der Waals surface area (Å²) in [5.41, 5.74) is 5.19. The van der Waals surface area contributed by atoms with E-state index in [1.807, 2.05) is 0 Å². The van der Waals surface area contributed by atoms with Crippen LogP contribution in [0.3, 0.4) is 0 Å². The molecule has 152 valence electrons. The van der Waals surface area contributed by atoms with Crippen molar-refractivity contribution in [1.29, 1.82) is 0 Å². The van der Waals surface area contributed by atoms with Crippen molar-refractivity contribution in [2.24, 2.45) is 0 Å². The number of H-pyrrole nitrogens is 1. The Morgan fingerprint density at radius 3 is 2.90 bits per heavy atom. The maximum atomic E-state index is 15.0. The number of alkyl halides is 2. The van der Waals surface area contributed by atoms with E-state index in [0.717, 1.165) is 0 Å². The van der Waals surface area contributed by atoms with Gasteiger partial charge in [0.1, 0.15) is 6.23 Å². The Morgan fingerprint density at radius 2 is 2.14 bits per heavy atom. The molecule has 4 atom stereocenters. The third-order valence-corrected chi connectivity index (χ3v) is 5.11. The number of nitrogen functional groups attached to an aromatic ring is 1. The normalized spacial score (nSPS) is 24.7. The molecule has 1 fully saturated rings. The zero-order chi connectivity index (χ0) is 20.6. The Balaban J connectivity index is 1.46. The Bertz CT molecular complexity index is 1110. The van der Waals surface area contributed by atoms with Crippen molar-refractivity contribution in [2.45, 2.75) is 24.7 Å². The molecule has 1 aliphatic rings. The number of nitrogens with two attached hydrogens (primary N) is 1. The lowest BCUT2D eigenvalue weighted by Gasteiger charge is -2.19. The number of anilines is 1. The van der Waals surface area contributed by atoms with Gasteiger partial charge < -0.3 is 15.0 Å². The molecule has 3 aromatic rings. The van der Waals surface area contributed by atoms with Gasteiger partial charge in [0.25, 0.3) is 11.4 Å². The molecule has 3 N–H and O–H groups in total. The van der Waals surface area contributed by atoms with E-state index < -0.39 is 38.7 Å². The van der Waals surface area contributed by atoms with E-state index in [1.165, 1.54) is 16.8 Å². The Kier molecular flexibility index (Phi) is 5.03. The average Bonchev–Trinajstić information content (AvgIpc) is 3.23. The van der Waals surface area contributed by atoms with Crippen LogP contribution in [0.4, 0.5) is 14.7 Å². The minimum atomic E-state index is -2.85. The molecule has 1 aliphatic heterocycles. The predicted molar refractivity (Wildman–Crippen MR) is 98.9 cm³/mol. The van der Waals surface area contributed by atoms with Crippen LogP contribution >= 0.6 is 8.25 Å². The van der Waals surface area contributed by atoms with Crippen LogP contribution in [0.1, 0.15) is 12.6 Å². The molecule has 0 bridgehead atoms. The van der Waals surface area contributed by atoms with Crippen molar-refractivity contribution in [3.63, 3.8) is 0 Å². The summed E-state index contributed by atoms with van der Waals surface area (Å²) < 4.78 is 57.6. The number of rotatable bonds is 6. The molecule has 0 spiro atoms. The standard InChI is InChI=1S/C17H15F2N4O5P/c18-12-8-13(23-7-6-11-14(23)21-16(20)22-15(11)24)27-17(12,19)9-26-29(25)28-10-4-2-1-3-5-10/h1-7,12-13H,8-9H2,(H2-,20,21,22,24)/p+1/t12-,13+,17+/m0/s1. The highest BCUT2D eigenvalue weighted by Crippen LogP contribution is 2.42. The first kappa shape index (κ1) is 19.4. The van der Waals surface area contributed by atoms with E-state index in [1.54, 1.807) is 30.3 Å². The third kappa shape index (κ3) is 3.84. The lowest BCUT2D eigenvalue weighted by molar-refractivity contribution is -0.190. The summed E-state index contributed by atoms with van der Waals surface area (Å²) in [5, 5.41) is 0.199. The first-order valence-corrected chi connectivity index (χ1v) is 9.65. The third-order valence-electron chi connectivity index (χ3n) is 4.41. The Labute approximate surface area is 163 Å². The fourth-order valence-electron chi connectivity index (χ4n) is 3.02. The summed E-state index contributed by atoms with van der Waals surface area (Å²) in [6.45, 7) is -0.942. The average molecular weight is 425 g/mol. The number of hydrogen-bond donors (Lipinski definition) is 2. The van der Waals surface area contributed by atoms with Crippen LogP contribution in [0, 0.1) is 0 Å². The molecule has 4 rings (SSSR count). The smallest absolute Gasteiger partial charge is 0.369 e. The number of halogens is 2. The number of aromatic amines is 1. The quantitative estimate of drug-likeness (QED) is 0.583. The van der Waals surface area contributed by atoms with Crippen molar-refractivity contribution in [2.75, 3.05) is 12.3 Å². The molecule has 0 aliphatic carbocycles. The van der Waals surface area contributed by atoms with E-state index in [4.69, 9.17) is 19.5 Å². The maximum absolute atomic E-state index is 15.0. The summed E-state index contributed by atoms with van der Waals surface area (Å²) in [7, 11) is -2.74. The SMILES string of the molecule is Nc1nc2c(ccn2[C@H]2C[C@H](F)[C@@](F)(CO[P+](=O)Oc3ccccc3)O2)c(=O)[nH]1. The van der Waals surface area contributed by atoms with Crippen molar-refractivity contribution >= 4 is 25.2 Å². The fraction of sp³-hybridized carbons (Fsp3) is 0.294. The number of nitrogens with zero attached hydrogens (tertiary/aromatic N) is 2. The monoisotopic (exact) mass is 425 g/mol. The molecular weight excluding hydrogens is 409 g/mol. The minimum Gasteiger partial charge on any atom is -0.369 e. The van der Waals surface area contributed by atoms with Crippen LogP contribution in [0.5, 0.6) is 5.75 Å². The van der Waals surface area contributed by atoms with E-state index in [9.17, 15) is 18.1 Å². The molecule has 29 heavy (non-hydrogen) atoms. The van der Waals surface area contributed by atoms with E-state index in [0.29, 0.717) is 0 Å². The van der Waals surface area contributed by atoms with Crippen molar-refractivity contribution in [3.8, 4) is 5.75 Å². The second-order valence-corrected chi connectivity index (χ2v) is 7.26. The summed E-state index contributed by atoms with van der Waals surface area (Å²) in [6.07, 6.45) is -2.11. The molecule has 9 nitrogen and oxygen atoms in total. The van der Waals surface area contributed by atoms with Gasteiger partial charge in [0.05, 0.1) is 5.39 Å². The topological polar surface area (TPSA) is 121 Å². The van der Waals surface area contributed by atoms with Gasteiger partial charge in [-0.3, -0.25) is 9.78 Å². The minimum absolute atomic E-state index is 0.132. The summed E-state index contributed by atoms with van der Waals surface area (Å²) in [4.78, 5) is 18.2. The first-order valence-electron chi connectivity index (χ1n) is 8.56. The number of para-hydroxylation sites is 1. The van der Waals surface area contributed by atoms with Crippen LogP contribution in [0.15, 0.2) is 47.4 Å². The highest BCUT2D eigenvalue weighted by molar-refractivity contribution is 7.33. The van der Waals surface area contributed by atoms with Crippen molar-refractivity contribution in [3.05, 3.63) is 52.9 Å². The number of benzene rings is 1. The van der Waals surface area contributed by atoms with Gasteiger partial charge in [-0.25, -0.2) is 13.3 Å². The zero-order valence-electron chi connectivity index (χ0n) is 14.8. The molecule has 1 unspecified atom stereocenters. The summed E-state index contributed by atoms with van der Waals surface area (Å²) >= 11 is 0. The van der Waals surface area contributed by atoms with Gasteiger partial charge in [0.15, 0.2) is 24.2 Å². The second kappa shape index (κ2) is 7.51. The largest absolute Gasteiger partial charge is 0.750 e. The second-order valence-electron chi connectivity index (χ2n) is 6.37. The van der Waals surface area contributed by atoms with E-state index in [-0.39, 0.29) is 29.2 Å². The van der Waals surface area contributed by atoms with Gasteiger partial charge >= 0.3 is 8.25 Å². The van der Waals surface area contributed by atoms with Crippen LogP contribution < -0.4 is 15.8 Å². The molecule has 1 saturated heterocycles. The van der Waals surface area contributed by atoms with Gasteiger partial charge in [0, 0.05) is 17.2 Å². The maximum Gasteiger partial charge on any atom is 0.750 e. The fourth-order valence-corrected chi connectivity index (χ4v) is 3.65. The Morgan fingerprint density at radius 1 is 1.38 bits per heavy atom. The molecule has 12 heteroatoms. The number of nitrogens with one attached hydrogen (secondary N) is 1. The van der Waals surface area contributed by atoms with Gasteiger partial charge in [-0.15, -0.1) is 4.52 Å². The van der Waals surface area contributed by atoms with Crippen LogP contribution in [-0.2, 0) is 13.8 Å². The van der Waals surface area contributed by atoms with E-state index in [2.05, 4.69) is 9.97 Å². The van der Waals surface area contributed by atoms with Crippen molar-refractivity contribution in [1.82, 2.24) is 14.5 Å². The number of ether oxygens (including phenoxy) is 1. The lowest BCUT2D eigenvalue weighted by Crippen LogP contribution is -2.36. The van der Waals surface area contributed by atoms with Gasteiger partial charge in [-0.05, 0) is 18.2 Å². The highest BCUT2D eigenvalue weighted by atomic mass is 31.1. The predicted octanol–water partition coefficient (Wildman–Crippen LogP) is 2.98. The molecule has 3 heterocycles. The summed E-state index contributed by atoms with van der Waals surface area (Å²) in [5.74, 6) is -2.72. The van der Waals surface area contributed by atoms with Gasteiger partial charge in [-0.1, -0.05) is 18.2 Å². The lowest BCUT2D eigenvalue weighted by atomic mass is 10.2. The Hall–Kier alpha value is -2.88. The number of hydrogen-bond acceptors (Lipinski definition) is 7. The molecular formula is C17H16F2N4O5P+. The van der Waals surface area contributed by atoms with Crippen LogP contribution in [0.25, 0.3) is 11.0 Å². The molecule has 0 saturated carbocycles. The van der Waals surface area contributed by atoms with Gasteiger partial charge in [0.2, 0.25) is 5.95 Å². The van der Waals surface area contributed by atoms with E-state index >= 15 is 0 Å². The van der Waals surface area contributed by atoms with Crippen LogP contribution in [-0.4, -0.2) is 33.2 Å². The zero-order valence-corrected chi connectivity index (χ0v) is 15.7. The molecule has 2 aromatic heterocycles. The molecule has 1 aromatic carbocycles. The summed E-state index contributed by atoms with van der Waals surface area (Å²) in [6, 6.07) is 9.57. The highest BCUT2D eigenvalue weighted by Gasteiger charge is 2.53.